The Morgan fingerprint density at radius 1 is 1.47 bits per heavy atom. The quantitative estimate of drug-likeness (QED) is 0.938. The first-order valence-electron chi connectivity index (χ1n) is 5.20. The largest absolute Gasteiger partial charge is 0.477 e. The number of hydrogen-bond donors (Lipinski definition) is 1. The Bertz CT molecular complexity index is 627. The standard InChI is InChI=1S/C12H9F2NO3S/c1-18-5-9-10(12(16)17)19-11(15-9)7-3-2-6(13)4-8(7)14/h2-4H,5H2,1H3,(H,16,17). The van der Waals surface area contributed by atoms with Gasteiger partial charge in [-0.2, -0.15) is 0 Å². The predicted molar refractivity (Wildman–Crippen MR) is 65.1 cm³/mol. The summed E-state index contributed by atoms with van der Waals surface area (Å²) in [4.78, 5) is 15.1. The molecule has 2 aromatic rings. The molecular formula is C12H9F2NO3S. The Balaban J connectivity index is 2.50. The number of aromatic carboxylic acids is 1. The van der Waals surface area contributed by atoms with Crippen molar-refractivity contribution in [2.24, 2.45) is 0 Å². The molecule has 7 heteroatoms. The second-order valence-electron chi connectivity index (χ2n) is 3.66. The molecule has 19 heavy (non-hydrogen) atoms. The van der Waals surface area contributed by atoms with E-state index in [0.717, 1.165) is 23.5 Å². The van der Waals surface area contributed by atoms with Crippen molar-refractivity contribution in [3.8, 4) is 10.6 Å². The Kier molecular flexibility index (Phi) is 3.87. The average Bonchev–Trinajstić information content (AvgIpc) is 2.73. The van der Waals surface area contributed by atoms with Gasteiger partial charge in [-0.15, -0.1) is 11.3 Å². The molecule has 0 unspecified atom stereocenters. The molecule has 1 aromatic carbocycles. The second kappa shape index (κ2) is 5.41. The molecule has 0 saturated heterocycles. The molecule has 0 amide bonds. The molecular weight excluding hydrogens is 276 g/mol. The average molecular weight is 285 g/mol. The van der Waals surface area contributed by atoms with Crippen molar-refractivity contribution in [2.75, 3.05) is 7.11 Å². The van der Waals surface area contributed by atoms with Crippen molar-refractivity contribution in [3.63, 3.8) is 0 Å². The van der Waals surface area contributed by atoms with Crippen LogP contribution in [0.15, 0.2) is 18.2 Å². The number of carboxylic acids is 1. The molecule has 1 N–H and O–H groups in total. The summed E-state index contributed by atoms with van der Waals surface area (Å²) in [5.41, 5.74) is 0.287. The van der Waals surface area contributed by atoms with Gasteiger partial charge in [0, 0.05) is 18.7 Å². The summed E-state index contributed by atoms with van der Waals surface area (Å²) in [7, 11) is 1.41. The molecule has 4 nitrogen and oxygen atoms in total. The Morgan fingerprint density at radius 3 is 2.79 bits per heavy atom. The monoisotopic (exact) mass is 285 g/mol. The van der Waals surface area contributed by atoms with E-state index >= 15 is 0 Å². The lowest BCUT2D eigenvalue weighted by Gasteiger charge is -1.98. The normalized spacial score (nSPS) is 10.7. The predicted octanol–water partition coefficient (Wildman–Crippen LogP) is 2.93. The fourth-order valence-electron chi connectivity index (χ4n) is 1.53. The minimum Gasteiger partial charge on any atom is -0.477 e. The number of benzene rings is 1. The first kappa shape index (κ1) is 13.6. The van der Waals surface area contributed by atoms with Crippen molar-refractivity contribution in [3.05, 3.63) is 40.4 Å². The molecule has 0 radical (unpaired) electrons. The van der Waals surface area contributed by atoms with E-state index in [2.05, 4.69) is 4.98 Å². The van der Waals surface area contributed by atoms with Crippen LogP contribution in [0.1, 0.15) is 15.4 Å². The van der Waals surface area contributed by atoms with Crippen LogP contribution in [0.4, 0.5) is 8.78 Å². The molecule has 0 saturated carbocycles. The van der Waals surface area contributed by atoms with Gasteiger partial charge in [-0.05, 0) is 12.1 Å². The number of nitrogens with zero attached hydrogens (tertiary/aromatic N) is 1. The van der Waals surface area contributed by atoms with Crippen LogP contribution in [0.2, 0.25) is 0 Å². The topological polar surface area (TPSA) is 59.4 Å². The highest BCUT2D eigenvalue weighted by Gasteiger charge is 2.19. The Morgan fingerprint density at radius 2 is 2.21 bits per heavy atom. The molecule has 100 valence electrons. The summed E-state index contributed by atoms with van der Waals surface area (Å²) in [6, 6.07) is 3.05. The number of carboxylic acid groups (broad SMARTS) is 1. The van der Waals surface area contributed by atoms with E-state index in [1.54, 1.807) is 0 Å². The van der Waals surface area contributed by atoms with Gasteiger partial charge in [0.2, 0.25) is 0 Å². The third kappa shape index (κ3) is 2.77. The smallest absolute Gasteiger partial charge is 0.347 e. The van der Waals surface area contributed by atoms with Gasteiger partial charge in [-0.3, -0.25) is 0 Å². The van der Waals surface area contributed by atoms with Crippen LogP contribution in [0.25, 0.3) is 10.6 Å². The lowest BCUT2D eigenvalue weighted by Crippen LogP contribution is -1.99. The summed E-state index contributed by atoms with van der Waals surface area (Å²) in [6.07, 6.45) is 0. The van der Waals surface area contributed by atoms with Gasteiger partial charge in [0.15, 0.2) is 0 Å². The lowest BCUT2D eigenvalue weighted by molar-refractivity contribution is 0.0697. The number of aromatic nitrogens is 1. The third-order valence-corrected chi connectivity index (χ3v) is 3.45. The van der Waals surface area contributed by atoms with E-state index in [1.807, 2.05) is 0 Å². The van der Waals surface area contributed by atoms with E-state index in [1.165, 1.54) is 13.2 Å². The highest BCUT2D eigenvalue weighted by Crippen LogP contribution is 2.30. The zero-order chi connectivity index (χ0) is 14.0. The highest BCUT2D eigenvalue weighted by atomic mass is 32.1. The van der Waals surface area contributed by atoms with Gasteiger partial charge in [0.05, 0.1) is 12.3 Å². The lowest BCUT2D eigenvalue weighted by atomic mass is 10.2. The number of hydrogen-bond acceptors (Lipinski definition) is 4. The molecule has 0 spiro atoms. The first-order valence-corrected chi connectivity index (χ1v) is 6.02. The number of methoxy groups -OCH3 is 1. The summed E-state index contributed by atoms with van der Waals surface area (Å²) in [6.45, 7) is 0.0148. The fourth-order valence-corrected chi connectivity index (χ4v) is 2.47. The molecule has 0 aliphatic carbocycles. The van der Waals surface area contributed by atoms with Crippen molar-refractivity contribution in [2.45, 2.75) is 6.61 Å². The summed E-state index contributed by atoms with van der Waals surface area (Å²) < 4.78 is 31.3. The number of thiazole rings is 1. The van der Waals surface area contributed by atoms with Crippen molar-refractivity contribution in [1.82, 2.24) is 4.98 Å². The maximum Gasteiger partial charge on any atom is 0.347 e. The molecule has 2 rings (SSSR count). The fraction of sp³-hybridized carbons (Fsp3) is 0.167. The summed E-state index contributed by atoms with van der Waals surface area (Å²) in [5, 5.41) is 9.21. The highest BCUT2D eigenvalue weighted by molar-refractivity contribution is 7.17. The van der Waals surface area contributed by atoms with Crippen LogP contribution in [0.5, 0.6) is 0 Å². The number of carbonyl (C=O) groups is 1. The van der Waals surface area contributed by atoms with Crippen LogP contribution in [-0.2, 0) is 11.3 Å². The molecule has 1 heterocycles. The third-order valence-electron chi connectivity index (χ3n) is 2.33. The zero-order valence-electron chi connectivity index (χ0n) is 9.81. The zero-order valence-corrected chi connectivity index (χ0v) is 10.6. The van der Waals surface area contributed by atoms with Crippen molar-refractivity contribution in [1.29, 1.82) is 0 Å². The van der Waals surface area contributed by atoms with Gasteiger partial charge < -0.3 is 9.84 Å². The van der Waals surface area contributed by atoms with E-state index < -0.39 is 17.6 Å². The van der Waals surface area contributed by atoms with Crippen LogP contribution >= 0.6 is 11.3 Å². The van der Waals surface area contributed by atoms with Gasteiger partial charge >= 0.3 is 5.97 Å². The Hall–Kier alpha value is -1.86. The number of rotatable bonds is 4. The van der Waals surface area contributed by atoms with Crippen LogP contribution in [-0.4, -0.2) is 23.2 Å². The van der Waals surface area contributed by atoms with E-state index in [-0.39, 0.29) is 27.7 Å². The molecule has 0 aliphatic rings. The maximum atomic E-state index is 13.6. The van der Waals surface area contributed by atoms with Gasteiger partial charge in [0.25, 0.3) is 0 Å². The van der Waals surface area contributed by atoms with Crippen molar-refractivity contribution < 1.29 is 23.4 Å². The van der Waals surface area contributed by atoms with E-state index in [9.17, 15) is 13.6 Å². The summed E-state index contributed by atoms with van der Waals surface area (Å²) >= 11 is 0.828. The molecule has 0 bridgehead atoms. The second-order valence-corrected chi connectivity index (χ2v) is 4.66. The molecule has 0 aliphatic heterocycles. The Labute approximate surface area is 111 Å². The molecule has 1 aromatic heterocycles. The van der Waals surface area contributed by atoms with Gasteiger partial charge in [-0.1, -0.05) is 0 Å². The van der Waals surface area contributed by atoms with Gasteiger partial charge in [0.1, 0.15) is 21.5 Å². The first-order chi connectivity index (χ1) is 9.02. The maximum absolute atomic E-state index is 13.6. The van der Waals surface area contributed by atoms with Crippen LogP contribution < -0.4 is 0 Å². The SMILES string of the molecule is COCc1nc(-c2ccc(F)cc2F)sc1C(=O)O. The van der Waals surface area contributed by atoms with Crippen molar-refractivity contribution >= 4 is 17.3 Å². The van der Waals surface area contributed by atoms with Gasteiger partial charge in [-0.25, -0.2) is 18.6 Å². The summed E-state index contributed by atoms with van der Waals surface area (Å²) in [5.74, 6) is -2.64. The minimum absolute atomic E-state index is 0.0134. The number of ether oxygens (including phenoxy) is 1. The number of halogens is 2. The van der Waals surface area contributed by atoms with Crippen LogP contribution in [0, 0.1) is 11.6 Å². The minimum atomic E-state index is -1.15. The molecule has 0 atom stereocenters. The molecule has 0 fully saturated rings. The van der Waals surface area contributed by atoms with E-state index in [4.69, 9.17) is 9.84 Å². The van der Waals surface area contributed by atoms with E-state index in [0.29, 0.717) is 0 Å². The van der Waals surface area contributed by atoms with Crippen LogP contribution in [0.3, 0.4) is 0 Å².